The van der Waals surface area contributed by atoms with E-state index in [1.165, 1.54) is 83.5 Å². The van der Waals surface area contributed by atoms with Crippen LogP contribution in [0.3, 0.4) is 0 Å². The first-order chi connectivity index (χ1) is 41.8. The lowest BCUT2D eigenvalue weighted by Gasteiger charge is -2.48. The third-order valence-electron chi connectivity index (χ3n) is 15.6. The van der Waals surface area contributed by atoms with Crippen LogP contribution in [0.15, 0.2) is 97.2 Å². The molecule has 0 bridgehead atoms. The standard InChI is InChI=1S/C67H113NO18/c1-3-5-7-9-11-13-15-17-19-21-23-24-25-26-27-29-31-33-35-37-39-41-43-45-55(73)68-50(51(72)44-42-40-38-36-34-32-30-28-22-20-18-16-14-12-10-8-6-4-2)49-81-65-61(79)58(76)63(53(47-70)83-65)86-67-62(80)59(77)64(54(48-71)84-67)85-66-60(78)57(75)56(74)52(46-69)82-66/h5,7,11,13,17,19,23-24,26-27,31,33,37,39,42,44,50-54,56-67,69-72,74-80H,3-4,6,8-10,12,14-16,18,20-22,25,28-30,32,34-36,38,40-41,43,45-49H2,1-2H3,(H,68,73)/b7-5-,13-11-,19-17-,24-23-,27-26-,33-31-,39-37-,44-42+. The minimum absolute atomic E-state index is 0.158. The van der Waals surface area contributed by atoms with Crippen LogP contribution in [0.25, 0.3) is 0 Å². The lowest BCUT2D eigenvalue weighted by Crippen LogP contribution is -2.66. The van der Waals surface area contributed by atoms with E-state index >= 15 is 0 Å². The van der Waals surface area contributed by atoms with Crippen LogP contribution in [0.2, 0.25) is 0 Å². The fourth-order valence-corrected chi connectivity index (χ4v) is 10.4. The summed E-state index contributed by atoms with van der Waals surface area (Å²) in [6.45, 7) is 1.56. The fraction of sp³-hybridized carbons (Fsp3) is 0.746. The Balaban J connectivity index is 1.50. The monoisotopic (exact) mass is 1220 g/mol. The van der Waals surface area contributed by atoms with E-state index in [4.69, 9.17) is 28.4 Å². The van der Waals surface area contributed by atoms with Crippen molar-refractivity contribution in [3.05, 3.63) is 97.2 Å². The molecule has 3 heterocycles. The van der Waals surface area contributed by atoms with Gasteiger partial charge in [0.25, 0.3) is 0 Å². The number of hydrogen-bond donors (Lipinski definition) is 12. The quantitative estimate of drug-likeness (QED) is 0.0210. The smallest absolute Gasteiger partial charge is 0.220 e. The molecule has 0 radical (unpaired) electrons. The first kappa shape index (κ1) is 77.0. The highest BCUT2D eigenvalue weighted by molar-refractivity contribution is 5.76. The zero-order chi connectivity index (χ0) is 62.6. The number of carbonyl (C=O) groups excluding carboxylic acids is 1. The van der Waals surface area contributed by atoms with Crippen LogP contribution in [-0.4, -0.2) is 193 Å². The zero-order valence-corrected chi connectivity index (χ0v) is 51.7. The Kier molecular flexibility index (Phi) is 43.4. The summed E-state index contributed by atoms with van der Waals surface area (Å²) in [5, 5.41) is 120. The molecule has 19 nitrogen and oxygen atoms in total. The van der Waals surface area contributed by atoms with Gasteiger partial charge in [-0.15, -0.1) is 0 Å². The molecule has 3 aliphatic heterocycles. The number of allylic oxidation sites excluding steroid dienone is 15. The molecular formula is C67H113NO18. The van der Waals surface area contributed by atoms with E-state index in [-0.39, 0.29) is 18.9 Å². The normalized spacial score (nSPS) is 29.4. The summed E-state index contributed by atoms with van der Waals surface area (Å²) in [5.74, 6) is -0.337. The first-order valence-corrected chi connectivity index (χ1v) is 32.5. The molecule has 0 aromatic carbocycles. The van der Waals surface area contributed by atoms with E-state index in [2.05, 4.69) is 98.2 Å². The molecule has 0 spiro atoms. The van der Waals surface area contributed by atoms with Crippen molar-refractivity contribution in [3.8, 4) is 0 Å². The number of aliphatic hydroxyl groups excluding tert-OH is 11. The highest BCUT2D eigenvalue weighted by atomic mass is 16.8. The molecule has 0 saturated carbocycles. The molecule has 3 rings (SSSR count). The van der Waals surface area contributed by atoms with E-state index in [1.54, 1.807) is 6.08 Å². The highest BCUT2D eigenvalue weighted by Gasteiger charge is 2.53. The number of carbonyl (C=O) groups is 1. The molecule has 3 aliphatic rings. The predicted octanol–water partition coefficient (Wildman–Crippen LogP) is 7.32. The van der Waals surface area contributed by atoms with Crippen LogP contribution in [0.1, 0.15) is 187 Å². The van der Waals surface area contributed by atoms with Crippen molar-refractivity contribution in [2.24, 2.45) is 0 Å². The largest absolute Gasteiger partial charge is 0.394 e. The number of aliphatic hydroxyl groups is 11. The minimum atomic E-state index is -1.99. The van der Waals surface area contributed by atoms with E-state index in [9.17, 15) is 61.0 Å². The highest BCUT2D eigenvalue weighted by Crippen LogP contribution is 2.33. The second-order valence-corrected chi connectivity index (χ2v) is 22.8. The Bertz CT molecular complexity index is 1940. The van der Waals surface area contributed by atoms with Crippen molar-refractivity contribution in [2.75, 3.05) is 26.4 Å². The Morgan fingerprint density at radius 3 is 1.24 bits per heavy atom. The number of unbranched alkanes of at least 4 members (excludes halogenated alkanes) is 17. The van der Waals surface area contributed by atoms with Crippen LogP contribution in [-0.2, 0) is 33.2 Å². The molecule has 17 unspecified atom stereocenters. The fourth-order valence-electron chi connectivity index (χ4n) is 10.4. The molecule has 17 atom stereocenters. The van der Waals surface area contributed by atoms with Crippen molar-refractivity contribution >= 4 is 5.91 Å². The van der Waals surface area contributed by atoms with Gasteiger partial charge in [0, 0.05) is 6.42 Å². The Morgan fingerprint density at radius 2 is 0.802 bits per heavy atom. The lowest BCUT2D eigenvalue weighted by atomic mass is 9.96. The SMILES string of the molecule is CC/C=C\C/C=C\C/C=C\C/C=C\C/C=C\C/C=C\C/C=C\CCCC(=O)NC(COC1OC(CO)C(OC2OC(CO)C(OC3OC(CO)C(O)C(O)C3O)C(O)C2O)C(O)C1O)C(O)/C=C/CCCCCCCCCCCCCCCCCC. The number of hydrogen-bond acceptors (Lipinski definition) is 18. The number of ether oxygens (including phenoxy) is 6. The van der Waals surface area contributed by atoms with Crippen LogP contribution in [0.4, 0.5) is 0 Å². The predicted molar refractivity (Wildman–Crippen MR) is 332 cm³/mol. The van der Waals surface area contributed by atoms with Gasteiger partial charge < -0.3 is 89.9 Å². The van der Waals surface area contributed by atoms with Gasteiger partial charge in [0.15, 0.2) is 18.9 Å². The molecule has 494 valence electrons. The molecule has 1 amide bonds. The van der Waals surface area contributed by atoms with Crippen LogP contribution < -0.4 is 5.32 Å². The van der Waals surface area contributed by atoms with Gasteiger partial charge in [-0.1, -0.05) is 207 Å². The van der Waals surface area contributed by atoms with Crippen molar-refractivity contribution in [3.63, 3.8) is 0 Å². The third kappa shape index (κ3) is 31.0. The summed E-state index contributed by atoms with van der Waals surface area (Å²) in [6.07, 6.45) is 35.2. The summed E-state index contributed by atoms with van der Waals surface area (Å²) in [4.78, 5) is 13.3. The second kappa shape index (κ2) is 48.5. The van der Waals surface area contributed by atoms with E-state index < -0.39 is 124 Å². The van der Waals surface area contributed by atoms with Crippen LogP contribution >= 0.6 is 0 Å². The summed E-state index contributed by atoms with van der Waals surface area (Å²) < 4.78 is 34.3. The van der Waals surface area contributed by atoms with Crippen molar-refractivity contribution < 1.29 is 89.4 Å². The van der Waals surface area contributed by atoms with Gasteiger partial charge in [0.05, 0.1) is 38.6 Å². The molecule has 86 heavy (non-hydrogen) atoms. The summed E-state index contributed by atoms with van der Waals surface area (Å²) in [5.41, 5.74) is 0. The average Bonchev–Trinajstić information content (AvgIpc) is 1.83. The van der Waals surface area contributed by atoms with Crippen molar-refractivity contribution in [1.82, 2.24) is 5.32 Å². The van der Waals surface area contributed by atoms with Gasteiger partial charge in [-0.2, -0.15) is 0 Å². The molecule has 12 N–H and O–H groups in total. The van der Waals surface area contributed by atoms with Gasteiger partial charge in [-0.05, 0) is 70.6 Å². The topological polar surface area (TPSA) is 307 Å². The summed E-state index contributed by atoms with van der Waals surface area (Å²) >= 11 is 0. The maximum atomic E-state index is 13.3. The van der Waals surface area contributed by atoms with Crippen molar-refractivity contribution in [2.45, 2.75) is 291 Å². The van der Waals surface area contributed by atoms with Crippen molar-refractivity contribution in [1.29, 1.82) is 0 Å². The molecular weight excluding hydrogens is 1110 g/mol. The Morgan fingerprint density at radius 1 is 0.430 bits per heavy atom. The second-order valence-electron chi connectivity index (χ2n) is 22.8. The number of amides is 1. The van der Waals surface area contributed by atoms with E-state index in [0.29, 0.717) is 12.8 Å². The molecule has 0 aliphatic carbocycles. The number of rotatable bonds is 47. The van der Waals surface area contributed by atoms with Crippen LogP contribution in [0.5, 0.6) is 0 Å². The molecule has 3 fully saturated rings. The molecule has 19 heteroatoms. The van der Waals surface area contributed by atoms with E-state index in [0.717, 1.165) is 70.6 Å². The third-order valence-corrected chi connectivity index (χ3v) is 15.6. The first-order valence-electron chi connectivity index (χ1n) is 32.5. The maximum absolute atomic E-state index is 13.3. The van der Waals surface area contributed by atoms with Gasteiger partial charge in [-0.3, -0.25) is 4.79 Å². The number of nitrogens with one attached hydrogen (secondary N) is 1. The van der Waals surface area contributed by atoms with Gasteiger partial charge >= 0.3 is 0 Å². The summed E-state index contributed by atoms with van der Waals surface area (Å²) in [7, 11) is 0. The summed E-state index contributed by atoms with van der Waals surface area (Å²) in [6, 6.07) is -1.01. The van der Waals surface area contributed by atoms with Gasteiger partial charge in [-0.25, -0.2) is 0 Å². The van der Waals surface area contributed by atoms with Gasteiger partial charge in [0.1, 0.15) is 73.2 Å². The average molecular weight is 1220 g/mol. The molecule has 0 aromatic heterocycles. The maximum Gasteiger partial charge on any atom is 0.220 e. The van der Waals surface area contributed by atoms with E-state index in [1.807, 2.05) is 12.2 Å². The Labute approximate surface area is 513 Å². The lowest BCUT2D eigenvalue weighted by molar-refractivity contribution is -0.379. The minimum Gasteiger partial charge on any atom is -0.394 e. The van der Waals surface area contributed by atoms with Crippen LogP contribution in [0, 0.1) is 0 Å². The van der Waals surface area contributed by atoms with Gasteiger partial charge in [0.2, 0.25) is 5.91 Å². The molecule has 0 aromatic rings. The molecule has 3 saturated heterocycles. The Hall–Kier alpha value is -3.29. The zero-order valence-electron chi connectivity index (χ0n) is 51.7.